The molecule has 0 amide bonds. The number of hydrogen-bond acceptors (Lipinski definition) is 19. The van der Waals surface area contributed by atoms with Gasteiger partial charge in [0, 0.05) is 12.5 Å². The van der Waals surface area contributed by atoms with E-state index in [9.17, 15) is 66.4 Å². The number of aliphatic hydroxyl groups excluding tert-OH is 13. The quantitative estimate of drug-likeness (QED) is 0.0957. The lowest BCUT2D eigenvalue weighted by molar-refractivity contribution is -0.355. The molecule has 276 valence electrons. The van der Waals surface area contributed by atoms with Gasteiger partial charge in [-0.1, -0.05) is 13.8 Å². The van der Waals surface area contributed by atoms with Crippen LogP contribution in [0.2, 0.25) is 0 Å². The molecule has 0 unspecified atom stereocenters. The highest BCUT2D eigenvalue weighted by Gasteiger charge is 2.54. The molecule has 3 heterocycles. The summed E-state index contributed by atoms with van der Waals surface area (Å²) in [7, 11) is 0. The second-order valence-corrected chi connectivity index (χ2v) is 13.0. The third-order valence-electron chi connectivity index (χ3n) is 9.43. The van der Waals surface area contributed by atoms with Crippen LogP contribution in [0.4, 0.5) is 0 Å². The molecule has 4 fully saturated rings. The molecule has 47 heavy (non-hydrogen) atoms. The monoisotopic (exact) mass is 690 g/mol. The Balaban J connectivity index is 1.61. The number of rotatable bonds is 11. The maximum atomic E-state index is 11.8. The Morgan fingerprint density at radius 1 is 0.532 bits per heavy atom. The first-order valence-electron chi connectivity index (χ1n) is 15.7. The first-order valence-corrected chi connectivity index (χ1v) is 15.7. The average molecular weight is 691 g/mol. The highest BCUT2D eigenvalue weighted by atomic mass is 16.7. The van der Waals surface area contributed by atoms with Crippen LogP contribution in [0.25, 0.3) is 0 Å². The summed E-state index contributed by atoms with van der Waals surface area (Å²) in [5.74, 6) is -1.36. The fourth-order valence-electron chi connectivity index (χ4n) is 6.48. The minimum absolute atomic E-state index is 0.175. The van der Waals surface area contributed by atoms with E-state index in [0.29, 0.717) is 0 Å². The van der Waals surface area contributed by atoms with E-state index < -0.39 is 155 Å². The van der Waals surface area contributed by atoms with E-state index in [1.165, 1.54) is 0 Å². The number of hydrogen-bond donors (Lipinski definition) is 13. The Hall–Kier alpha value is -0.760. The molecule has 13 N–H and O–H groups in total. The van der Waals surface area contributed by atoms with Crippen LogP contribution in [0.1, 0.15) is 20.3 Å². The predicted molar refractivity (Wildman–Crippen MR) is 150 cm³/mol. The fourth-order valence-corrected chi connectivity index (χ4v) is 6.48. The molecule has 4 aliphatic rings. The van der Waals surface area contributed by atoms with Gasteiger partial charge in [0.2, 0.25) is 0 Å². The van der Waals surface area contributed by atoms with Gasteiger partial charge in [0.15, 0.2) is 12.6 Å². The first-order chi connectivity index (χ1) is 22.2. The van der Waals surface area contributed by atoms with Crippen molar-refractivity contribution >= 4 is 0 Å². The molecular formula is C28H50O19. The normalized spacial score (nSPS) is 51.3. The summed E-state index contributed by atoms with van der Waals surface area (Å²) in [6.45, 7) is 0.832. The first kappa shape index (κ1) is 39.0. The van der Waals surface area contributed by atoms with Gasteiger partial charge in [-0.2, -0.15) is 0 Å². The second kappa shape index (κ2) is 16.5. The largest absolute Gasteiger partial charge is 0.396 e. The van der Waals surface area contributed by atoms with Crippen molar-refractivity contribution in [2.45, 2.75) is 137 Å². The summed E-state index contributed by atoms with van der Waals surface area (Å²) < 4.78 is 34.8. The van der Waals surface area contributed by atoms with Crippen LogP contribution in [0.3, 0.4) is 0 Å². The van der Waals surface area contributed by atoms with E-state index in [1.54, 1.807) is 13.8 Å². The fraction of sp³-hybridized carbons (Fsp3) is 1.00. The highest BCUT2D eigenvalue weighted by Crippen LogP contribution is 2.37. The molecule has 3 saturated heterocycles. The van der Waals surface area contributed by atoms with Gasteiger partial charge in [0.1, 0.15) is 85.5 Å². The van der Waals surface area contributed by atoms with Crippen LogP contribution in [0.5, 0.6) is 0 Å². The lowest BCUT2D eigenvalue weighted by Crippen LogP contribution is -2.67. The van der Waals surface area contributed by atoms with Gasteiger partial charge in [0.05, 0.1) is 38.1 Å². The minimum Gasteiger partial charge on any atom is -0.396 e. The van der Waals surface area contributed by atoms with E-state index in [1.807, 2.05) is 0 Å². The Bertz CT molecular complexity index is 955. The molecule has 19 heteroatoms. The molecule has 0 bridgehead atoms. The molecule has 3 aliphatic heterocycles. The summed E-state index contributed by atoms with van der Waals surface area (Å²) >= 11 is 0. The molecule has 4 rings (SSSR count). The van der Waals surface area contributed by atoms with Gasteiger partial charge in [-0.15, -0.1) is 0 Å². The Morgan fingerprint density at radius 2 is 1.06 bits per heavy atom. The summed E-state index contributed by atoms with van der Waals surface area (Å²) in [5.41, 5.74) is 0. The van der Waals surface area contributed by atoms with Crippen molar-refractivity contribution in [1.82, 2.24) is 0 Å². The van der Waals surface area contributed by atoms with Gasteiger partial charge < -0.3 is 94.8 Å². The number of ether oxygens (including phenoxy) is 6. The third kappa shape index (κ3) is 8.09. The van der Waals surface area contributed by atoms with E-state index in [2.05, 4.69) is 0 Å². The molecule has 0 aromatic carbocycles. The maximum absolute atomic E-state index is 11.8. The maximum Gasteiger partial charge on any atom is 0.187 e. The predicted octanol–water partition coefficient (Wildman–Crippen LogP) is -7.38. The summed E-state index contributed by atoms with van der Waals surface area (Å²) in [6.07, 6.45) is -29.7. The minimum atomic E-state index is -1.83. The summed E-state index contributed by atoms with van der Waals surface area (Å²) in [5, 5.41) is 134. The molecule has 20 atom stereocenters. The van der Waals surface area contributed by atoms with Crippen LogP contribution in [0.15, 0.2) is 0 Å². The van der Waals surface area contributed by atoms with Crippen molar-refractivity contribution in [2.75, 3.05) is 26.4 Å². The Labute approximate surface area is 270 Å². The highest BCUT2D eigenvalue weighted by molar-refractivity contribution is 5.00. The SMILES string of the molecule is CC(C)[C@@H]1O[C@H](CO[C@@H]2O[C@H](CO)[C@@H](O)[C@H](O)[C@H]2O)[C@@H](O[C@@H]2C[C@H](CO)[C@@H](O)[C@H](O)[C@H]2O)[C@H](O)[C@H]1O[C@@H]1O[C@H](CO)[C@@H](O)[C@H](O)[C@H]1O. The van der Waals surface area contributed by atoms with Crippen molar-refractivity contribution in [3.8, 4) is 0 Å². The average Bonchev–Trinajstić information content (AvgIpc) is 3.05. The van der Waals surface area contributed by atoms with Crippen LogP contribution in [0, 0.1) is 11.8 Å². The lowest BCUT2D eigenvalue weighted by Gasteiger charge is -2.50. The van der Waals surface area contributed by atoms with Crippen LogP contribution < -0.4 is 0 Å². The Morgan fingerprint density at radius 3 is 1.60 bits per heavy atom. The van der Waals surface area contributed by atoms with Crippen LogP contribution in [-0.2, 0) is 28.4 Å². The zero-order valence-corrected chi connectivity index (χ0v) is 25.9. The third-order valence-corrected chi connectivity index (χ3v) is 9.43. The van der Waals surface area contributed by atoms with Gasteiger partial charge >= 0.3 is 0 Å². The van der Waals surface area contributed by atoms with Crippen LogP contribution >= 0.6 is 0 Å². The van der Waals surface area contributed by atoms with E-state index in [4.69, 9.17) is 28.4 Å². The van der Waals surface area contributed by atoms with Gasteiger partial charge in [0.25, 0.3) is 0 Å². The standard InChI is InChI=1S/C28H50O19/c1-8(2)24-26(47-28-22(40)20(38)17(35)12(6-31)46-28)23(41)25(43-10-3-9(4-29)14(32)18(36)15(10)33)13(44-24)7-42-27-21(39)19(37)16(34)11(5-30)45-27/h8-41H,3-7H2,1-2H3/t9-,10-,11-,12-,13-,14-,15+,16-,17-,18+,19+,20+,21-,22-,23+,24+,25-,26-,27-,28+/m1/s1. The summed E-state index contributed by atoms with van der Waals surface area (Å²) in [4.78, 5) is 0. The van der Waals surface area contributed by atoms with Crippen molar-refractivity contribution in [3.05, 3.63) is 0 Å². The van der Waals surface area contributed by atoms with Crippen LogP contribution in [-0.4, -0.2) is 209 Å². The van der Waals surface area contributed by atoms with Gasteiger partial charge in [-0.25, -0.2) is 0 Å². The van der Waals surface area contributed by atoms with E-state index in [0.717, 1.165) is 0 Å². The second-order valence-electron chi connectivity index (χ2n) is 13.0. The van der Waals surface area contributed by atoms with Gasteiger partial charge in [-0.3, -0.25) is 0 Å². The molecule has 1 saturated carbocycles. The van der Waals surface area contributed by atoms with Crippen molar-refractivity contribution < 1.29 is 94.8 Å². The van der Waals surface area contributed by atoms with Crippen molar-refractivity contribution in [2.24, 2.45) is 11.8 Å². The molecule has 0 aromatic heterocycles. The molecule has 0 spiro atoms. The lowest BCUT2D eigenvalue weighted by atomic mass is 9.80. The topological polar surface area (TPSA) is 318 Å². The molecule has 0 aromatic rings. The van der Waals surface area contributed by atoms with E-state index >= 15 is 0 Å². The number of aliphatic hydroxyl groups is 13. The zero-order valence-electron chi connectivity index (χ0n) is 25.9. The van der Waals surface area contributed by atoms with Crippen molar-refractivity contribution in [1.29, 1.82) is 0 Å². The molecule has 19 nitrogen and oxygen atoms in total. The zero-order chi connectivity index (χ0) is 34.9. The van der Waals surface area contributed by atoms with Crippen molar-refractivity contribution in [3.63, 3.8) is 0 Å². The molecule has 0 radical (unpaired) electrons. The van der Waals surface area contributed by atoms with E-state index in [-0.39, 0.29) is 6.42 Å². The molecule has 1 aliphatic carbocycles. The smallest absolute Gasteiger partial charge is 0.187 e. The molecular weight excluding hydrogens is 640 g/mol. The summed E-state index contributed by atoms with van der Waals surface area (Å²) in [6, 6.07) is 0. The van der Waals surface area contributed by atoms with Gasteiger partial charge in [-0.05, 0) is 12.3 Å². The Kier molecular flexibility index (Phi) is 13.7.